The highest BCUT2D eigenvalue weighted by atomic mass is 16.5. The SMILES string of the molecule is CC(C)=C1CCC(C)C(C)(CCc2ccoc2)C1CCC(=O)OC(C)C. The number of ether oxygens (including phenoxy) is 1. The Bertz CT molecular complexity index is 607. The van der Waals surface area contributed by atoms with E-state index in [-0.39, 0.29) is 17.5 Å². The first-order valence-corrected chi connectivity index (χ1v) is 10.1. The van der Waals surface area contributed by atoms with E-state index in [1.807, 2.05) is 20.1 Å². The lowest BCUT2D eigenvalue weighted by molar-refractivity contribution is -0.148. The molecular weight excluding hydrogens is 324 g/mol. The van der Waals surface area contributed by atoms with Crippen molar-refractivity contribution in [1.82, 2.24) is 0 Å². The largest absolute Gasteiger partial charge is 0.472 e. The fourth-order valence-electron chi connectivity index (χ4n) is 4.57. The van der Waals surface area contributed by atoms with E-state index in [9.17, 15) is 4.79 Å². The minimum absolute atomic E-state index is 0.0387. The predicted octanol–water partition coefficient (Wildman–Crippen LogP) is 6.33. The highest BCUT2D eigenvalue weighted by Gasteiger charge is 2.43. The molecule has 0 spiro atoms. The molecule has 0 radical (unpaired) electrons. The third-order valence-corrected chi connectivity index (χ3v) is 6.37. The van der Waals surface area contributed by atoms with Crippen LogP contribution in [0.2, 0.25) is 0 Å². The first kappa shape index (κ1) is 20.8. The predicted molar refractivity (Wildman–Crippen MR) is 106 cm³/mol. The zero-order chi connectivity index (χ0) is 19.3. The Labute approximate surface area is 159 Å². The standard InChI is InChI=1S/C23H36O3/c1-16(2)20-8-7-18(5)23(6,13-11-19-12-14-25-15-19)21(20)9-10-22(24)26-17(3)4/h12,14-15,17-18,21H,7-11,13H2,1-6H3. The van der Waals surface area contributed by atoms with Crippen molar-refractivity contribution in [2.24, 2.45) is 17.3 Å². The molecule has 0 aliphatic heterocycles. The van der Waals surface area contributed by atoms with Gasteiger partial charge in [0.05, 0.1) is 18.6 Å². The van der Waals surface area contributed by atoms with Crippen LogP contribution in [0.4, 0.5) is 0 Å². The third kappa shape index (κ3) is 5.02. The molecule has 3 heteroatoms. The van der Waals surface area contributed by atoms with Gasteiger partial charge in [-0.15, -0.1) is 0 Å². The highest BCUT2D eigenvalue weighted by molar-refractivity contribution is 5.69. The molecule has 3 nitrogen and oxygen atoms in total. The summed E-state index contributed by atoms with van der Waals surface area (Å²) in [4.78, 5) is 12.2. The molecule has 1 aromatic rings. The molecule has 1 saturated carbocycles. The average molecular weight is 361 g/mol. The van der Waals surface area contributed by atoms with Gasteiger partial charge in [-0.2, -0.15) is 0 Å². The van der Waals surface area contributed by atoms with Crippen LogP contribution < -0.4 is 0 Å². The van der Waals surface area contributed by atoms with Crippen molar-refractivity contribution in [3.63, 3.8) is 0 Å². The lowest BCUT2D eigenvalue weighted by atomic mass is 9.56. The Morgan fingerprint density at radius 3 is 2.69 bits per heavy atom. The molecule has 3 unspecified atom stereocenters. The molecule has 1 heterocycles. The number of hydrogen-bond donors (Lipinski definition) is 0. The van der Waals surface area contributed by atoms with Gasteiger partial charge in [0.25, 0.3) is 0 Å². The fourth-order valence-corrected chi connectivity index (χ4v) is 4.57. The molecule has 146 valence electrons. The van der Waals surface area contributed by atoms with Gasteiger partial charge >= 0.3 is 5.97 Å². The van der Waals surface area contributed by atoms with Crippen molar-refractivity contribution in [2.75, 3.05) is 0 Å². The van der Waals surface area contributed by atoms with E-state index in [0.717, 1.165) is 25.7 Å². The lowest BCUT2D eigenvalue weighted by Crippen LogP contribution is -2.40. The topological polar surface area (TPSA) is 39.4 Å². The van der Waals surface area contributed by atoms with E-state index in [1.165, 1.54) is 17.6 Å². The van der Waals surface area contributed by atoms with Crippen molar-refractivity contribution in [2.45, 2.75) is 86.2 Å². The van der Waals surface area contributed by atoms with Crippen molar-refractivity contribution >= 4 is 5.97 Å². The summed E-state index contributed by atoms with van der Waals surface area (Å²) in [6, 6.07) is 2.06. The van der Waals surface area contributed by atoms with Crippen molar-refractivity contribution in [3.8, 4) is 0 Å². The highest BCUT2D eigenvalue weighted by Crippen LogP contribution is 2.53. The summed E-state index contributed by atoms with van der Waals surface area (Å²) in [6.07, 6.45) is 9.50. The van der Waals surface area contributed by atoms with Gasteiger partial charge in [-0.3, -0.25) is 4.79 Å². The lowest BCUT2D eigenvalue weighted by Gasteiger charge is -2.49. The minimum Gasteiger partial charge on any atom is -0.472 e. The minimum atomic E-state index is -0.0662. The molecule has 1 aliphatic rings. The van der Waals surface area contributed by atoms with Crippen molar-refractivity contribution < 1.29 is 13.9 Å². The van der Waals surface area contributed by atoms with Crippen LogP contribution in [-0.4, -0.2) is 12.1 Å². The molecule has 0 bridgehead atoms. The van der Waals surface area contributed by atoms with Gasteiger partial charge in [-0.25, -0.2) is 0 Å². The Hall–Kier alpha value is -1.51. The van der Waals surface area contributed by atoms with Crippen LogP contribution >= 0.6 is 0 Å². The van der Waals surface area contributed by atoms with E-state index in [4.69, 9.17) is 9.15 Å². The molecule has 26 heavy (non-hydrogen) atoms. The smallest absolute Gasteiger partial charge is 0.306 e. The van der Waals surface area contributed by atoms with E-state index >= 15 is 0 Å². The Morgan fingerprint density at radius 1 is 1.38 bits per heavy atom. The van der Waals surface area contributed by atoms with Gasteiger partial charge in [-0.1, -0.05) is 25.0 Å². The summed E-state index contributed by atoms with van der Waals surface area (Å²) in [7, 11) is 0. The van der Waals surface area contributed by atoms with Crippen LogP contribution in [0.15, 0.2) is 34.2 Å². The molecule has 0 N–H and O–H groups in total. The molecule has 1 aromatic heterocycles. The van der Waals surface area contributed by atoms with Crippen LogP contribution in [0, 0.1) is 17.3 Å². The third-order valence-electron chi connectivity index (χ3n) is 6.37. The summed E-state index contributed by atoms with van der Waals surface area (Å²) in [5.41, 5.74) is 4.45. The molecule has 1 aliphatic carbocycles. The van der Waals surface area contributed by atoms with Gasteiger partial charge in [0.1, 0.15) is 0 Å². The molecule has 0 amide bonds. The second-order valence-corrected chi connectivity index (χ2v) is 8.73. The fraction of sp³-hybridized carbons (Fsp3) is 0.696. The zero-order valence-corrected chi connectivity index (χ0v) is 17.4. The number of carbonyl (C=O) groups excluding carboxylic acids is 1. The van der Waals surface area contributed by atoms with Crippen molar-refractivity contribution in [1.29, 1.82) is 0 Å². The number of hydrogen-bond acceptors (Lipinski definition) is 3. The molecule has 1 fully saturated rings. The molecule has 0 saturated heterocycles. The quantitative estimate of drug-likeness (QED) is 0.421. The average Bonchev–Trinajstić information content (AvgIpc) is 3.07. The van der Waals surface area contributed by atoms with Gasteiger partial charge in [0.15, 0.2) is 0 Å². The van der Waals surface area contributed by atoms with Crippen LogP contribution in [0.5, 0.6) is 0 Å². The Morgan fingerprint density at radius 2 is 2.12 bits per heavy atom. The maximum absolute atomic E-state index is 12.2. The Kier molecular flexibility index (Phi) is 7.14. The number of furan rings is 1. The van der Waals surface area contributed by atoms with Gasteiger partial charge in [-0.05, 0) is 88.7 Å². The van der Waals surface area contributed by atoms with Gasteiger partial charge in [0, 0.05) is 6.42 Å². The summed E-state index contributed by atoms with van der Waals surface area (Å²) in [5.74, 6) is 1.02. The van der Waals surface area contributed by atoms with Gasteiger partial charge in [0.2, 0.25) is 0 Å². The zero-order valence-electron chi connectivity index (χ0n) is 17.4. The normalized spacial score (nSPS) is 26.2. The monoisotopic (exact) mass is 360 g/mol. The van der Waals surface area contributed by atoms with E-state index in [0.29, 0.717) is 18.3 Å². The van der Waals surface area contributed by atoms with Crippen molar-refractivity contribution in [3.05, 3.63) is 35.3 Å². The molecular formula is C23H36O3. The summed E-state index contributed by atoms with van der Waals surface area (Å²) in [5, 5.41) is 0. The summed E-state index contributed by atoms with van der Waals surface area (Å²) >= 11 is 0. The van der Waals surface area contributed by atoms with Crippen LogP contribution in [-0.2, 0) is 16.0 Å². The van der Waals surface area contributed by atoms with Crippen LogP contribution in [0.3, 0.4) is 0 Å². The molecule has 3 atom stereocenters. The van der Waals surface area contributed by atoms with Crippen LogP contribution in [0.1, 0.15) is 79.2 Å². The van der Waals surface area contributed by atoms with Crippen LogP contribution in [0.25, 0.3) is 0 Å². The van der Waals surface area contributed by atoms with E-state index in [2.05, 4.69) is 33.8 Å². The number of esters is 1. The van der Waals surface area contributed by atoms with E-state index in [1.54, 1.807) is 11.8 Å². The first-order chi connectivity index (χ1) is 12.2. The number of aryl methyl sites for hydroxylation is 1. The summed E-state index contributed by atoms with van der Waals surface area (Å²) in [6.45, 7) is 13.1. The number of carbonyl (C=O) groups is 1. The molecule has 0 aromatic carbocycles. The van der Waals surface area contributed by atoms with E-state index < -0.39 is 0 Å². The van der Waals surface area contributed by atoms with Gasteiger partial charge < -0.3 is 9.15 Å². The Balaban J connectivity index is 2.18. The first-order valence-electron chi connectivity index (χ1n) is 10.1. The number of allylic oxidation sites excluding steroid dienone is 2. The maximum atomic E-state index is 12.2. The number of rotatable bonds is 7. The second kappa shape index (κ2) is 8.92. The summed E-state index contributed by atoms with van der Waals surface area (Å²) < 4.78 is 10.6. The maximum Gasteiger partial charge on any atom is 0.306 e. The molecule has 2 rings (SSSR count). The second-order valence-electron chi connectivity index (χ2n) is 8.73.